The maximum absolute atomic E-state index is 11.8. The Morgan fingerprint density at radius 1 is 1.27 bits per heavy atom. The van der Waals surface area contributed by atoms with Crippen LogP contribution in [0.2, 0.25) is 0 Å². The van der Waals surface area contributed by atoms with Crippen molar-refractivity contribution in [2.75, 3.05) is 60.0 Å². The zero-order valence-corrected chi connectivity index (χ0v) is 17.2. The molecular weight excluding hydrogens is 330 g/mol. The first-order chi connectivity index (χ1) is 12.3. The zero-order chi connectivity index (χ0) is 19.5. The molecule has 0 spiro atoms. The third kappa shape index (κ3) is 9.20. The minimum Gasteiger partial charge on any atom is -0.379 e. The molecule has 1 fully saturated rings. The van der Waals surface area contributed by atoms with Crippen LogP contribution in [-0.4, -0.2) is 87.7 Å². The molecule has 7 heteroatoms. The number of morpholine rings is 1. The van der Waals surface area contributed by atoms with Gasteiger partial charge in [-0.15, -0.1) is 0 Å². The summed E-state index contributed by atoms with van der Waals surface area (Å²) >= 11 is 0. The van der Waals surface area contributed by atoms with Crippen LogP contribution < -0.4 is 10.6 Å². The highest BCUT2D eigenvalue weighted by Gasteiger charge is 2.22. The first-order valence-corrected chi connectivity index (χ1v) is 9.48. The van der Waals surface area contributed by atoms with Crippen molar-refractivity contribution in [1.82, 2.24) is 20.4 Å². The summed E-state index contributed by atoms with van der Waals surface area (Å²) in [5.74, 6) is 1.25. The van der Waals surface area contributed by atoms with E-state index in [1.165, 1.54) is 0 Å². The summed E-state index contributed by atoms with van der Waals surface area (Å²) in [4.78, 5) is 20.3. The van der Waals surface area contributed by atoms with E-state index in [1.54, 1.807) is 19.0 Å². The van der Waals surface area contributed by atoms with Crippen LogP contribution in [0, 0.1) is 5.92 Å². The normalized spacial score (nSPS) is 17.1. The number of nitrogens with zero attached hydrogens (tertiary/aromatic N) is 3. The van der Waals surface area contributed by atoms with Crippen LogP contribution in [0.5, 0.6) is 0 Å². The van der Waals surface area contributed by atoms with Gasteiger partial charge in [0.2, 0.25) is 5.91 Å². The van der Waals surface area contributed by atoms with E-state index in [2.05, 4.69) is 41.0 Å². The Morgan fingerprint density at radius 3 is 2.46 bits per heavy atom. The van der Waals surface area contributed by atoms with E-state index < -0.39 is 0 Å². The first kappa shape index (κ1) is 22.4. The topological polar surface area (TPSA) is 69.2 Å². The highest BCUT2D eigenvalue weighted by atomic mass is 16.5. The molecule has 0 radical (unpaired) electrons. The maximum Gasteiger partial charge on any atom is 0.243 e. The average molecular weight is 368 g/mol. The molecule has 1 rings (SSSR count). The second-order valence-electron chi connectivity index (χ2n) is 7.58. The van der Waals surface area contributed by atoms with Crippen LogP contribution in [0.3, 0.4) is 0 Å². The quantitative estimate of drug-likeness (QED) is 0.360. The van der Waals surface area contributed by atoms with Gasteiger partial charge in [-0.1, -0.05) is 26.0 Å². The van der Waals surface area contributed by atoms with E-state index in [0.29, 0.717) is 24.5 Å². The highest BCUT2D eigenvalue weighted by Crippen LogP contribution is 2.13. The minimum atomic E-state index is -0.0201. The molecule has 0 saturated carbocycles. The summed E-state index contributed by atoms with van der Waals surface area (Å²) in [7, 11) is 3.48. The lowest BCUT2D eigenvalue weighted by Gasteiger charge is -2.35. The van der Waals surface area contributed by atoms with Crippen molar-refractivity contribution in [2.45, 2.75) is 33.2 Å². The number of guanidine groups is 1. The summed E-state index contributed by atoms with van der Waals surface area (Å²) < 4.78 is 5.48. The third-order valence-electron chi connectivity index (χ3n) is 4.24. The van der Waals surface area contributed by atoms with Gasteiger partial charge in [-0.2, -0.15) is 0 Å². The molecule has 1 heterocycles. The van der Waals surface area contributed by atoms with Gasteiger partial charge in [0.1, 0.15) is 6.54 Å². The molecule has 2 N–H and O–H groups in total. The summed E-state index contributed by atoms with van der Waals surface area (Å²) in [5.41, 5.74) is 1.02. The summed E-state index contributed by atoms with van der Waals surface area (Å²) in [5, 5.41) is 6.67. The molecule has 1 atom stereocenters. The Morgan fingerprint density at radius 2 is 1.92 bits per heavy atom. The number of likely N-dealkylation sites (N-methyl/N-ethyl adjacent to an activating group) is 1. The fourth-order valence-electron chi connectivity index (χ4n) is 2.76. The molecule has 7 nitrogen and oxygen atoms in total. The van der Waals surface area contributed by atoms with E-state index in [0.717, 1.165) is 44.8 Å². The fourth-order valence-corrected chi connectivity index (χ4v) is 2.76. The Bertz CT molecular complexity index is 471. The Hall–Kier alpha value is -1.60. The van der Waals surface area contributed by atoms with Gasteiger partial charge in [0, 0.05) is 46.3 Å². The molecule has 1 amide bonds. The molecule has 150 valence electrons. The number of rotatable bonds is 9. The molecule has 0 aromatic rings. The Labute approximate surface area is 158 Å². The Balaban J connectivity index is 2.70. The minimum absolute atomic E-state index is 0.0201. The van der Waals surface area contributed by atoms with Crippen LogP contribution in [0.4, 0.5) is 0 Å². The maximum atomic E-state index is 11.8. The number of aliphatic imine (C=N–C) groups is 1. The summed E-state index contributed by atoms with van der Waals surface area (Å²) in [6, 6.07) is 0.417. The number of amides is 1. The van der Waals surface area contributed by atoms with Crippen LogP contribution in [-0.2, 0) is 9.53 Å². The van der Waals surface area contributed by atoms with Crippen molar-refractivity contribution in [2.24, 2.45) is 10.9 Å². The number of ether oxygens (including phenoxy) is 1. The summed E-state index contributed by atoms with van der Waals surface area (Å²) in [6.45, 7) is 15.4. The van der Waals surface area contributed by atoms with Crippen LogP contribution in [0.15, 0.2) is 17.1 Å². The molecule has 0 bridgehead atoms. The van der Waals surface area contributed by atoms with Crippen molar-refractivity contribution < 1.29 is 9.53 Å². The fraction of sp³-hybridized carbons (Fsp3) is 0.789. The van der Waals surface area contributed by atoms with Gasteiger partial charge in [-0.3, -0.25) is 9.69 Å². The van der Waals surface area contributed by atoms with E-state index >= 15 is 0 Å². The lowest BCUT2D eigenvalue weighted by Crippen LogP contribution is -2.51. The van der Waals surface area contributed by atoms with E-state index in [4.69, 9.17) is 4.74 Å². The van der Waals surface area contributed by atoms with Gasteiger partial charge in [0.05, 0.1) is 13.2 Å². The molecule has 0 aromatic heterocycles. The average Bonchev–Trinajstić information content (AvgIpc) is 2.59. The second kappa shape index (κ2) is 11.9. The van der Waals surface area contributed by atoms with Crippen LogP contribution in [0.1, 0.15) is 27.2 Å². The van der Waals surface area contributed by atoms with Gasteiger partial charge in [-0.05, 0) is 19.3 Å². The number of hydrogen-bond donors (Lipinski definition) is 2. The number of nitrogens with one attached hydrogen (secondary N) is 2. The van der Waals surface area contributed by atoms with Gasteiger partial charge in [-0.25, -0.2) is 4.99 Å². The van der Waals surface area contributed by atoms with Gasteiger partial charge in [0.25, 0.3) is 0 Å². The second-order valence-corrected chi connectivity index (χ2v) is 7.58. The molecule has 0 aliphatic carbocycles. The monoisotopic (exact) mass is 367 g/mol. The van der Waals surface area contributed by atoms with Crippen molar-refractivity contribution >= 4 is 11.9 Å². The highest BCUT2D eigenvalue weighted by molar-refractivity contribution is 5.84. The standard InChI is InChI=1S/C19H37N5O2/c1-15(2)11-17(24-7-9-26-10-8-24)13-21-19(20-12-16(3)4)22-14-18(25)23(5)6/h15,17H,3,7-14H2,1-2,4-6H3,(H2,20,21,22). The van der Waals surface area contributed by atoms with Crippen molar-refractivity contribution in [1.29, 1.82) is 0 Å². The zero-order valence-electron chi connectivity index (χ0n) is 17.2. The first-order valence-electron chi connectivity index (χ1n) is 9.48. The lowest BCUT2D eigenvalue weighted by molar-refractivity contribution is -0.127. The summed E-state index contributed by atoms with van der Waals surface area (Å²) in [6.07, 6.45) is 1.11. The predicted octanol–water partition coefficient (Wildman–Crippen LogP) is 0.933. The molecule has 1 unspecified atom stereocenters. The van der Waals surface area contributed by atoms with Crippen LogP contribution >= 0.6 is 0 Å². The lowest BCUT2D eigenvalue weighted by atomic mass is 10.0. The van der Waals surface area contributed by atoms with E-state index in [1.807, 2.05) is 6.92 Å². The van der Waals surface area contributed by atoms with Crippen LogP contribution in [0.25, 0.3) is 0 Å². The smallest absolute Gasteiger partial charge is 0.243 e. The molecular formula is C19H37N5O2. The van der Waals surface area contributed by atoms with E-state index in [9.17, 15) is 4.79 Å². The number of carbonyl (C=O) groups excluding carboxylic acids is 1. The number of hydrogen-bond acceptors (Lipinski definition) is 4. The SMILES string of the molecule is C=C(C)CNC(=NCC(=O)N(C)C)NCC(CC(C)C)N1CCOCC1. The van der Waals surface area contributed by atoms with Gasteiger partial charge < -0.3 is 20.3 Å². The molecule has 1 aliphatic heterocycles. The van der Waals surface area contributed by atoms with Crippen molar-refractivity contribution in [3.63, 3.8) is 0 Å². The van der Waals surface area contributed by atoms with Gasteiger partial charge >= 0.3 is 0 Å². The predicted molar refractivity (Wildman–Crippen MR) is 107 cm³/mol. The third-order valence-corrected chi connectivity index (χ3v) is 4.24. The van der Waals surface area contributed by atoms with E-state index in [-0.39, 0.29) is 12.5 Å². The number of carbonyl (C=O) groups is 1. The molecule has 1 saturated heterocycles. The molecule has 26 heavy (non-hydrogen) atoms. The van der Waals surface area contributed by atoms with Crippen molar-refractivity contribution in [3.8, 4) is 0 Å². The van der Waals surface area contributed by atoms with Gasteiger partial charge in [0.15, 0.2) is 5.96 Å². The molecule has 0 aromatic carbocycles. The van der Waals surface area contributed by atoms with Crippen molar-refractivity contribution in [3.05, 3.63) is 12.2 Å². The molecule has 1 aliphatic rings. The largest absolute Gasteiger partial charge is 0.379 e. The Kier molecular flexibility index (Phi) is 10.3.